The van der Waals surface area contributed by atoms with Crippen LogP contribution in [-0.4, -0.2) is 156 Å². The van der Waals surface area contributed by atoms with Crippen LogP contribution in [0.5, 0.6) is 0 Å². The summed E-state index contributed by atoms with van der Waals surface area (Å²) in [5.74, 6) is -2.26. The molecule has 2 heterocycles. The van der Waals surface area contributed by atoms with Crippen LogP contribution in [-0.2, 0) is 33.4 Å². The van der Waals surface area contributed by atoms with E-state index in [0.717, 1.165) is 0 Å². The highest BCUT2D eigenvalue weighted by molar-refractivity contribution is 8.76. The van der Waals surface area contributed by atoms with Crippen LogP contribution in [0, 0.1) is 27.9 Å². The number of rotatable bonds is 27. The van der Waals surface area contributed by atoms with Gasteiger partial charge in [0.25, 0.3) is 5.69 Å². The highest BCUT2D eigenvalue weighted by Gasteiger charge is 2.42. The number of ether oxygens (including phenoxy) is 3. The lowest BCUT2D eigenvalue weighted by atomic mass is 9.90. The standard InChI is InChI=1S/C44H69N7O11S2/c1-13-17-31(15-3)40(54)30(8)47-42(55)29(7)41(61-12)33-18-16-21-50(33)36(52)24-34(60-11)39(28(6)14-2)48(9)37(53)26-46-43(56)38(27(4)5)49(10)44(57)62-22-23-63-64-35-20-19-32(25-45-35)51(58)59/h13,15,17,19-20,25,27-30,33-34,38-41,54H,1,3,14,16,18,21-24,26H2,2,4-12H3,(H,46,56)(H,47,55)/b31-17+. The van der Waals surface area contributed by atoms with Crippen molar-refractivity contribution < 1.29 is 48.2 Å². The molecule has 5 amide bonds. The van der Waals surface area contributed by atoms with Gasteiger partial charge < -0.3 is 39.8 Å². The maximum atomic E-state index is 14.1. The first-order valence-corrected chi connectivity index (χ1v) is 23.7. The van der Waals surface area contributed by atoms with Gasteiger partial charge in [0, 0.05) is 46.7 Å². The van der Waals surface area contributed by atoms with Gasteiger partial charge in [-0.15, -0.1) is 0 Å². The third-order valence-corrected chi connectivity index (χ3v) is 13.8. The lowest BCUT2D eigenvalue weighted by molar-refractivity contribution is -0.385. The van der Waals surface area contributed by atoms with E-state index in [-0.39, 0.29) is 48.9 Å². The van der Waals surface area contributed by atoms with Crippen molar-refractivity contribution in [2.24, 2.45) is 17.8 Å². The molecule has 358 valence electrons. The number of hydrogen-bond acceptors (Lipinski definition) is 14. The smallest absolute Gasteiger partial charge is 0.410 e. The van der Waals surface area contributed by atoms with Crippen molar-refractivity contribution in [1.82, 2.24) is 30.3 Å². The van der Waals surface area contributed by atoms with E-state index in [1.165, 1.54) is 83.1 Å². The molecular weight excluding hydrogens is 867 g/mol. The summed E-state index contributed by atoms with van der Waals surface area (Å²) in [5, 5.41) is 27.8. The maximum absolute atomic E-state index is 14.1. The zero-order valence-corrected chi connectivity index (χ0v) is 40.5. The first-order chi connectivity index (χ1) is 30.3. The van der Waals surface area contributed by atoms with E-state index >= 15 is 0 Å². The van der Waals surface area contributed by atoms with Crippen LogP contribution in [0.25, 0.3) is 0 Å². The molecular formula is C44H69N7O11S2. The molecule has 3 N–H and O–H groups in total. The number of aliphatic hydroxyl groups is 1. The van der Waals surface area contributed by atoms with Crippen molar-refractivity contribution in [2.45, 2.75) is 115 Å². The molecule has 1 aliphatic rings. The topological polar surface area (TPSA) is 223 Å². The van der Waals surface area contributed by atoms with E-state index in [2.05, 4.69) is 28.8 Å². The van der Waals surface area contributed by atoms with Gasteiger partial charge in [-0.3, -0.25) is 34.2 Å². The Morgan fingerprint density at radius 2 is 1.77 bits per heavy atom. The van der Waals surface area contributed by atoms with Crippen molar-refractivity contribution in [3.05, 3.63) is 65.4 Å². The minimum absolute atomic E-state index is 0.0307. The van der Waals surface area contributed by atoms with E-state index in [1.807, 2.05) is 13.8 Å². The number of amides is 5. The Hall–Kier alpha value is -4.50. The highest BCUT2D eigenvalue weighted by atomic mass is 33.1. The quantitative estimate of drug-likeness (QED) is 0.0347. The largest absolute Gasteiger partial charge is 0.448 e. The second-order valence-electron chi connectivity index (χ2n) is 16.1. The van der Waals surface area contributed by atoms with Crippen molar-refractivity contribution >= 4 is 57.0 Å². The number of nitrogens with zero attached hydrogens (tertiary/aromatic N) is 5. The van der Waals surface area contributed by atoms with Gasteiger partial charge >= 0.3 is 6.09 Å². The number of methoxy groups -OCH3 is 2. The molecule has 0 spiro atoms. The van der Waals surface area contributed by atoms with Crippen LogP contribution < -0.4 is 10.6 Å². The minimum atomic E-state index is -1.01. The number of carbonyl (C=O) groups is 5. The summed E-state index contributed by atoms with van der Waals surface area (Å²) in [7, 11) is 8.68. The molecule has 20 heteroatoms. The molecule has 64 heavy (non-hydrogen) atoms. The van der Waals surface area contributed by atoms with Gasteiger partial charge in [-0.25, -0.2) is 9.78 Å². The average molecular weight is 936 g/mol. The normalized spacial score (nSPS) is 17.8. The van der Waals surface area contributed by atoms with Gasteiger partial charge in [-0.1, -0.05) is 83.2 Å². The van der Waals surface area contributed by atoms with E-state index in [9.17, 15) is 39.2 Å². The monoisotopic (exact) mass is 935 g/mol. The van der Waals surface area contributed by atoms with E-state index in [1.54, 1.807) is 45.7 Å². The van der Waals surface area contributed by atoms with Gasteiger partial charge in [0.15, 0.2) is 0 Å². The Bertz CT molecular complexity index is 1770. The summed E-state index contributed by atoms with van der Waals surface area (Å²) in [6, 6.07) is 0.324. The Labute approximate surface area is 385 Å². The van der Waals surface area contributed by atoms with Gasteiger partial charge in [0.2, 0.25) is 23.6 Å². The van der Waals surface area contributed by atoms with Gasteiger partial charge in [0.1, 0.15) is 23.9 Å². The fraction of sp³-hybridized carbons (Fsp3) is 0.636. The highest BCUT2D eigenvalue weighted by Crippen LogP contribution is 2.31. The number of nitro groups is 1. The number of pyridine rings is 1. The number of allylic oxidation sites excluding steroid dienone is 2. The Kier molecular flexibility index (Phi) is 24.1. The second-order valence-corrected chi connectivity index (χ2v) is 18.6. The number of aromatic nitrogens is 1. The molecule has 1 aromatic rings. The summed E-state index contributed by atoms with van der Waals surface area (Å²) < 4.78 is 17.2. The first kappa shape index (κ1) is 55.6. The lowest BCUT2D eigenvalue weighted by Crippen LogP contribution is -2.56. The molecule has 1 saturated heterocycles. The second kappa shape index (κ2) is 27.7. The molecule has 0 aromatic carbocycles. The van der Waals surface area contributed by atoms with Crippen LogP contribution in [0.2, 0.25) is 0 Å². The fourth-order valence-corrected chi connectivity index (χ4v) is 9.49. The zero-order valence-electron chi connectivity index (χ0n) is 38.9. The number of nitrogens with one attached hydrogen (secondary N) is 2. The van der Waals surface area contributed by atoms with Crippen LogP contribution >= 0.6 is 21.6 Å². The first-order valence-electron chi connectivity index (χ1n) is 21.4. The predicted octanol–water partition coefficient (Wildman–Crippen LogP) is 5.02. The lowest BCUT2D eigenvalue weighted by Gasteiger charge is -2.39. The summed E-state index contributed by atoms with van der Waals surface area (Å²) in [6.07, 6.45) is 4.64. The molecule has 9 atom stereocenters. The van der Waals surface area contributed by atoms with Crippen molar-refractivity contribution in [3.63, 3.8) is 0 Å². The van der Waals surface area contributed by atoms with Crippen molar-refractivity contribution in [3.8, 4) is 0 Å². The van der Waals surface area contributed by atoms with Crippen LogP contribution in [0.15, 0.2) is 60.3 Å². The molecule has 1 aromatic heterocycles. The van der Waals surface area contributed by atoms with Crippen LogP contribution in [0.1, 0.15) is 67.2 Å². The molecule has 18 nitrogen and oxygen atoms in total. The molecule has 0 saturated carbocycles. The molecule has 1 aliphatic heterocycles. The summed E-state index contributed by atoms with van der Waals surface area (Å²) in [5.41, 5.74) is 0.396. The molecule has 0 bridgehead atoms. The summed E-state index contributed by atoms with van der Waals surface area (Å²) in [4.78, 5) is 86.7. The number of carbonyl (C=O) groups excluding carboxylic acids is 5. The Balaban J connectivity index is 2.07. The molecule has 0 radical (unpaired) electrons. The van der Waals surface area contributed by atoms with E-state index in [4.69, 9.17) is 14.2 Å². The van der Waals surface area contributed by atoms with Crippen LogP contribution in [0.3, 0.4) is 0 Å². The molecule has 0 aliphatic carbocycles. The molecule has 2 rings (SSSR count). The van der Waals surface area contributed by atoms with Gasteiger partial charge in [-0.05, 0) is 54.0 Å². The van der Waals surface area contributed by atoms with Crippen LogP contribution in [0.4, 0.5) is 10.5 Å². The minimum Gasteiger partial charge on any atom is -0.448 e. The van der Waals surface area contributed by atoms with Gasteiger partial charge in [-0.2, -0.15) is 0 Å². The SMILES string of the molecule is C=C/C=C(\C=C)C(O)C(C)NC(=O)C(C)C(OC)C1CCCN1C(=O)CC(OC)C(C(C)CC)N(C)C(=O)CNC(=O)C(C(C)C)N(C)C(=O)OCCSSc1ccc([N+](=O)[O-])cn1. The Morgan fingerprint density at radius 3 is 2.31 bits per heavy atom. The third kappa shape index (κ3) is 15.9. The van der Waals surface area contributed by atoms with E-state index in [0.29, 0.717) is 42.2 Å². The summed E-state index contributed by atoms with van der Waals surface area (Å²) >= 11 is 0. The molecule has 1 fully saturated rings. The number of aliphatic hydroxyl groups excluding tert-OH is 1. The van der Waals surface area contributed by atoms with E-state index < -0.39 is 71.2 Å². The maximum Gasteiger partial charge on any atom is 0.410 e. The summed E-state index contributed by atoms with van der Waals surface area (Å²) in [6.45, 7) is 18.4. The average Bonchev–Trinajstić information content (AvgIpc) is 3.76. The van der Waals surface area contributed by atoms with Crippen molar-refractivity contribution in [2.75, 3.05) is 53.8 Å². The number of likely N-dealkylation sites (tertiary alicyclic amines) is 1. The fourth-order valence-electron chi connectivity index (χ4n) is 7.80. The Morgan fingerprint density at radius 1 is 1.08 bits per heavy atom. The molecule has 9 unspecified atom stereocenters. The third-order valence-electron chi connectivity index (χ3n) is 11.5. The zero-order chi connectivity index (χ0) is 48.3. The van der Waals surface area contributed by atoms with Gasteiger partial charge in [0.05, 0.1) is 60.2 Å². The number of hydrogen-bond donors (Lipinski definition) is 3. The van der Waals surface area contributed by atoms with Crippen molar-refractivity contribution in [1.29, 1.82) is 0 Å². The number of likely N-dealkylation sites (N-methyl/N-ethyl adjacent to an activating group) is 2. The predicted molar refractivity (Wildman–Crippen MR) is 248 cm³/mol.